The van der Waals surface area contributed by atoms with Gasteiger partial charge in [0.1, 0.15) is 5.82 Å². The number of carbonyl (C=O) groups is 3. The Hall–Kier alpha value is -3.82. The van der Waals surface area contributed by atoms with Crippen LogP contribution in [0.4, 0.5) is 14.9 Å². The van der Waals surface area contributed by atoms with Crippen LogP contribution < -0.4 is 14.8 Å². The molecule has 196 valence electrons. The molecule has 4 rings (SSSR count). The minimum absolute atomic E-state index is 0.0681. The molecule has 3 aromatic carbocycles. The van der Waals surface area contributed by atoms with Crippen molar-refractivity contribution in [2.45, 2.75) is 20.4 Å². The first kappa shape index (κ1) is 27.2. The van der Waals surface area contributed by atoms with Crippen molar-refractivity contribution in [3.05, 3.63) is 92.6 Å². The molecule has 1 aliphatic rings. The van der Waals surface area contributed by atoms with E-state index in [0.29, 0.717) is 28.3 Å². The normalized spacial score (nSPS) is 14.2. The Kier molecular flexibility index (Phi) is 8.38. The Morgan fingerprint density at radius 2 is 1.87 bits per heavy atom. The van der Waals surface area contributed by atoms with Crippen LogP contribution in [-0.4, -0.2) is 35.7 Å². The zero-order valence-electron chi connectivity index (χ0n) is 20.8. The van der Waals surface area contributed by atoms with Gasteiger partial charge in [-0.3, -0.25) is 19.3 Å². The van der Waals surface area contributed by atoms with Crippen molar-refractivity contribution in [1.82, 2.24) is 4.90 Å². The van der Waals surface area contributed by atoms with Crippen molar-refractivity contribution in [3.8, 4) is 11.5 Å². The molecule has 0 aromatic heterocycles. The number of aryl methyl sites for hydroxylation is 2. The van der Waals surface area contributed by atoms with E-state index in [1.54, 1.807) is 24.3 Å². The van der Waals surface area contributed by atoms with Gasteiger partial charge in [0, 0.05) is 10.7 Å². The van der Waals surface area contributed by atoms with E-state index in [0.717, 1.165) is 33.9 Å². The number of hydrogen-bond acceptors (Lipinski definition) is 6. The Balaban J connectivity index is 1.43. The van der Waals surface area contributed by atoms with Crippen LogP contribution in [0.25, 0.3) is 6.08 Å². The maximum Gasteiger partial charge on any atom is 0.293 e. The summed E-state index contributed by atoms with van der Waals surface area (Å²) < 4.78 is 24.4. The molecule has 1 heterocycles. The average molecular weight is 555 g/mol. The van der Waals surface area contributed by atoms with E-state index in [1.165, 1.54) is 19.2 Å². The van der Waals surface area contributed by atoms with Crippen LogP contribution >= 0.6 is 23.4 Å². The van der Waals surface area contributed by atoms with Gasteiger partial charge in [0.15, 0.2) is 18.1 Å². The number of anilines is 1. The highest BCUT2D eigenvalue weighted by atomic mass is 35.5. The Bertz CT molecular complexity index is 1460. The molecule has 0 radical (unpaired) electrons. The Morgan fingerprint density at radius 1 is 1.08 bits per heavy atom. The van der Waals surface area contributed by atoms with Gasteiger partial charge in [-0.05, 0) is 78.7 Å². The molecule has 0 saturated carbocycles. The molecule has 3 aromatic rings. The third-order valence-electron chi connectivity index (χ3n) is 5.72. The largest absolute Gasteiger partial charge is 0.493 e. The number of hydrogen-bond donors (Lipinski definition) is 1. The molecule has 3 amide bonds. The summed E-state index contributed by atoms with van der Waals surface area (Å²) >= 11 is 6.85. The third kappa shape index (κ3) is 6.35. The second kappa shape index (κ2) is 11.7. The first-order valence-electron chi connectivity index (χ1n) is 11.5. The van der Waals surface area contributed by atoms with Gasteiger partial charge in [-0.1, -0.05) is 41.4 Å². The molecule has 0 bridgehead atoms. The van der Waals surface area contributed by atoms with Gasteiger partial charge < -0.3 is 14.8 Å². The van der Waals surface area contributed by atoms with E-state index < -0.39 is 17.0 Å². The molecule has 0 spiro atoms. The van der Waals surface area contributed by atoms with Gasteiger partial charge in [-0.2, -0.15) is 0 Å². The van der Waals surface area contributed by atoms with E-state index in [-0.39, 0.29) is 29.0 Å². The van der Waals surface area contributed by atoms with Gasteiger partial charge in [0.2, 0.25) is 0 Å². The maximum atomic E-state index is 13.3. The molecule has 0 aliphatic carbocycles. The van der Waals surface area contributed by atoms with Crippen molar-refractivity contribution in [2.75, 3.05) is 19.0 Å². The zero-order valence-corrected chi connectivity index (χ0v) is 22.4. The number of nitrogens with zero attached hydrogens (tertiary/aromatic N) is 1. The summed E-state index contributed by atoms with van der Waals surface area (Å²) in [4.78, 5) is 39.1. The summed E-state index contributed by atoms with van der Waals surface area (Å²) in [6.07, 6.45) is 1.57. The van der Waals surface area contributed by atoms with Crippen LogP contribution in [0.15, 0.2) is 59.5 Å². The van der Waals surface area contributed by atoms with Gasteiger partial charge in [0.05, 0.1) is 18.6 Å². The molecule has 0 unspecified atom stereocenters. The lowest BCUT2D eigenvalue weighted by molar-refractivity contribution is -0.123. The standard InChI is InChI=1S/C28H24ClFN2O5S/c1-16-4-8-22(17(2)10-16)31-26(33)15-37-23-9-5-18(11-24(23)36-3)12-25-27(34)32(28(35)38-25)14-19-6-7-20(30)13-21(19)29/h4-13H,14-15H2,1-3H3,(H,31,33)/b25-12-. The van der Waals surface area contributed by atoms with Gasteiger partial charge >= 0.3 is 0 Å². The second-order valence-electron chi connectivity index (χ2n) is 8.57. The molecule has 7 nitrogen and oxygen atoms in total. The average Bonchev–Trinajstić information content (AvgIpc) is 3.13. The quantitative estimate of drug-likeness (QED) is 0.326. The van der Waals surface area contributed by atoms with E-state index in [9.17, 15) is 18.8 Å². The fraction of sp³-hybridized carbons (Fsp3) is 0.179. The van der Waals surface area contributed by atoms with Gasteiger partial charge in [-0.15, -0.1) is 0 Å². The van der Waals surface area contributed by atoms with Crippen molar-refractivity contribution < 1.29 is 28.2 Å². The summed E-state index contributed by atoms with van der Waals surface area (Å²) in [6.45, 7) is 3.60. The first-order chi connectivity index (χ1) is 18.1. The summed E-state index contributed by atoms with van der Waals surface area (Å²) in [5.74, 6) is -0.605. The number of imide groups is 1. The molecular weight excluding hydrogens is 531 g/mol. The number of halogens is 2. The van der Waals surface area contributed by atoms with Crippen LogP contribution in [0.2, 0.25) is 5.02 Å². The van der Waals surface area contributed by atoms with Crippen LogP contribution in [0, 0.1) is 19.7 Å². The lowest BCUT2D eigenvalue weighted by Gasteiger charge is -2.14. The number of amides is 3. The SMILES string of the molecule is COc1cc(/C=C2\SC(=O)N(Cc3ccc(F)cc3Cl)C2=O)ccc1OCC(=O)Nc1ccc(C)cc1C. The fourth-order valence-corrected chi connectivity index (χ4v) is 4.85. The monoisotopic (exact) mass is 554 g/mol. The fourth-order valence-electron chi connectivity index (χ4n) is 3.78. The van der Waals surface area contributed by atoms with Gasteiger partial charge in [0.25, 0.3) is 17.1 Å². The molecule has 1 aliphatic heterocycles. The summed E-state index contributed by atoms with van der Waals surface area (Å²) in [6, 6.07) is 14.5. The minimum atomic E-state index is -0.504. The van der Waals surface area contributed by atoms with Crippen LogP contribution in [-0.2, 0) is 16.1 Å². The van der Waals surface area contributed by atoms with E-state index in [1.807, 2.05) is 32.0 Å². The summed E-state index contributed by atoms with van der Waals surface area (Å²) in [5, 5.41) is 2.50. The maximum absolute atomic E-state index is 13.3. The second-order valence-corrected chi connectivity index (χ2v) is 9.97. The van der Waals surface area contributed by atoms with Gasteiger partial charge in [-0.25, -0.2) is 4.39 Å². The third-order valence-corrected chi connectivity index (χ3v) is 6.98. The van der Waals surface area contributed by atoms with Crippen molar-refractivity contribution in [3.63, 3.8) is 0 Å². The lowest BCUT2D eigenvalue weighted by Crippen LogP contribution is -2.27. The zero-order chi connectivity index (χ0) is 27.4. The Morgan fingerprint density at radius 3 is 2.58 bits per heavy atom. The number of carbonyl (C=O) groups excluding carboxylic acids is 3. The highest BCUT2D eigenvalue weighted by molar-refractivity contribution is 8.18. The number of nitrogens with one attached hydrogen (secondary N) is 1. The lowest BCUT2D eigenvalue weighted by atomic mass is 10.1. The van der Waals surface area contributed by atoms with E-state index >= 15 is 0 Å². The minimum Gasteiger partial charge on any atom is -0.493 e. The number of rotatable bonds is 8. The highest BCUT2D eigenvalue weighted by Gasteiger charge is 2.35. The molecule has 38 heavy (non-hydrogen) atoms. The van der Waals surface area contributed by atoms with Crippen molar-refractivity contribution >= 4 is 52.2 Å². The van der Waals surface area contributed by atoms with Crippen molar-refractivity contribution in [1.29, 1.82) is 0 Å². The summed E-state index contributed by atoms with van der Waals surface area (Å²) in [5.41, 5.74) is 3.82. The predicted octanol–water partition coefficient (Wildman–Crippen LogP) is 6.36. The molecule has 10 heteroatoms. The topological polar surface area (TPSA) is 84.9 Å². The Labute approximate surface area is 228 Å². The highest BCUT2D eigenvalue weighted by Crippen LogP contribution is 2.36. The predicted molar refractivity (Wildman–Crippen MR) is 146 cm³/mol. The number of benzene rings is 3. The number of methoxy groups -OCH3 is 1. The molecule has 0 atom stereocenters. The molecule has 1 saturated heterocycles. The van der Waals surface area contributed by atoms with Crippen LogP contribution in [0.3, 0.4) is 0 Å². The number of ether oxygens (including phenoxy) is 2. The smallest absolute Gasteiger partial charge is 0.293 e. The first-order valence-corrected chi connectivity index (χ1v) is 12.7. The van der Waals surface area contributed by atoms with E-state index in [2.05, 4.69) is 5.32 Å². The van der Waals surface area contributed by atoms with E-state index in [4.69, 9.17) is 21.1 Å². The number of thioether (sulfide) groups is 1. The van der Waals surface area contributed by atoms with Crippen LogP contribution in [0.1, 0.15) is 22.3 Å². The van der Waals surface area contributed by atoms with Crippen molar-refractivity contribution in [2.24, 2.45) is 0 Å². The summed E-state index contributed by atoms with van der Waals surface area (Å²) in [7, 11) is 1.46. The van der Waals surface area contributed by atoms with Crippen LogP contribution in [0.5, 0.6) is 11.5 Å². The molecular formula is C28H24ClFN2O5S. The molecule has 1 fully saturated rings. The molecule has 1 N–H and O–H groups in total.